The van der Waals surface area contributed by atoms with Gasteiger partial charge in [0.05, 0.1) is 4.92 Å². The molecular weight excluding hydrogens is 362 g/mol. The van der Waals surface area contributed by atoms with Gasteiger partial charge in [0.15, 0.2) is 5.76 Å². The van der Waals surface area contributed by atoms with E-state index in [4.69, 9.17) is 0 Å². The van der Waals surface area contributed by atoms with Crippen LogP contribution in [-0.2, 0) is 4.79 Å². The summed E-state index contributed by atoms with van der Waals surface area (Å²) in [6, 6.07) is 12.8. The highest BCUT2D eigenvalue weighted by Crippen LogP contribution is 2.30. The normalized spacial score (nSPS) is 17.0. The fourth-order valence-electron chi connectivity index (χ4n) is 3.62. The largest absolute Gasteiger partial charge is 0.505 e. The van der Waals surface area contributed by atoms with E-state index in [2.05, 4.69) is 0 Å². The minimum atomic E-state index is -0.694. The van der Waals surface area contributed by atoms with Crippen molar-refractivity contribution in [3.8, 4) is 0 Å². The number of ketones is 2. The van der Waals surface area contributed by atoms with E-state index < -0.39 is 16.5 Å². The smallest absolute Gasteiger partial charge is 0.269 e. The van der Waals surface area contributed by atoms with E-state index in [1.165, 1.54) is 18.2 Å². The van der Waals surface area contributed by atoms with Gasteiger partial charge in [0.25, 0.3) is 11.5 Å². The van der Waals surface area contributed by atoms with Gasteiger partial charge in [0.1, 0.15) is 5.70 Å². The molecule has 0 spiro atoms. The molecule has 8 heteroatoms. The molecule has 1 N–H and O–H groups in total. The summed E-state index contributed by atoms with van der Waals surface area (Å²) in [5, 5.41) is 21.4. The van der Waals surface area contributed by atoms with E-state index >= 15 is 0 Å². The zero-order valence-corrected chi connectivity index (χ0v) is 14.9. The van der Waals surface area contributed by atoms with Crippen molar-refractivity contribution in [2.75, 3.05) is 31.1 Å². The second-order valence-electron chi connectivity index (χ2n) is 6.65. The molecule has 1 heterocycles. The molecule has 1 aliphatic heterocycles. The highest BCUT2D eigenvalue weighted by molar-refractivity contribution is 6.52. The van der Waals surface area contributed by atoms with E-state index in [0.29, 0.717) is 31.7 Å². The first-order valence-corrected chi connectivity index (χ1v) is 8.83. The third-order valence-corrected chi connectivity index (χ3v) is 5.09. The molecule has 1 aliphatic carbocycles. The van der Waals surface area contributed by atoms with Crippen LogP contribution < -0.4 is 4.90 Å². The molecule has 0 aromatic heterocycles. The Bertz CT molecular complexity index is 1000. The summed E-state index contributed by atoms with van der Waals surface area (Å²) in [4.78, 5) is 39.1. The van der Waals surface area contributed by atoms with Crippen molar-refractivity contribution in [2.24, 2.45) is 0 Å². The summed E-state index contributed by atoms with van der Waals surface area (Å²) >= 11 is 0. The molecule has 2 aliphatic rings. The number of aliphatic hydroxyl groups is 1. The van der Waals surface area contributed by atoms with Gasteiger partial charge in [0, 0.05) is 55.1 Å². The summed E-state index contributed by atoms with van der Waals surface area (Å²) in [6.45, 7) is 1.99. The number of anilines is 1. The lowest BCUT2D eigenvalue weighted by Crippen LogP contribution is -2.48. The molecule has 0 unspecified atom stereocenters. The Kier molecular flexibility index (Phi) is 4.31. The second kappa shape index (κ2) is 6.80. The number of nitrogens with zero attached hydrogens (tertiary/aromatic N) is 3. The van der Waals surface area contributed by atoms with Crippen LogP contribution >= 0.6 is 0 Å². The predicted molar refractivity (Wildman–Crippen MR) is 102 cm³/mol. The van der Waals surface area contributed by atoms with Gasteiger partial charge in [0.2, 0.25) is 5.78 Å². The van der Waals surface area contributed by atoms with E-state index in [1.54, 1.807) is 35.2 Å². The lowest BCUT2D eigenvalue weighted by molar-refractivity contribution is -0.384. The van der Waals surface area contributed by atoms with Gasteiger partial charge in [-0.25, -0.2) is 0 Å². The van der Waals surface area contributed by atoms with Crippen LogP contribution in [-0.4, -0.2) is 52.7 Å². The zero-order chi connectivity index (χ0) is 19.8. The number of allylic oxidation sites excluding steroid dienone is 1. The van der Waals surface area contributed by atoms with Crippen molar-refractivity contribution in [1.82, 2.24) is 4.90 Å². The minimum Gasteiger partial charge on any atom is -0.505 e. The summed E-state index contributed by atoms with van der Waals surface area (Å²) in [6.07, 6.45) is 0. The number of Topliss-reactive ketones (excluding diaryl/α,β-unsaturated/α-hetero) is 2. The van der Waals surface area contributed by atoms with Gasteiger partial charge >= 0.3 is 0 Å². The molecule has 2 aromatic rings. The molecule has 142 valence electrons. The third kappa shape index (κ3) is 2.88. The first-order valence-electron chi connectivity index (χ1n) is 8.83. The maximum absolute atomic E-state index is 12.6. The lowest BCUT2D eigenvalue weighted by Gasteiger charge is -2.38. The maximum atomic E-state index is 12.6. The van der Waals surface area contributed by atoms with Crippen LogP contribution in [0.15, 0.2) is 54.2 Å². The van der Waals surface area contributed by atoms with Crippen molar-refractivity contribution in [3.63, 3.8) is 0 Å². The Hall–Kier alpha value is -3.68. The molecule has 0 amide bonds. The van der Waals surface area contributed by atoms with Gasteiger partial charge in [-0.3, -0.25) is 19.7 Å². The summed E-state index contributed by atoms with van der Waals surface area (Å²) < 4.78 is 0. The summed E-state index contributed by atoms with van der Waals surface area (Å²) in [5.74, 6) is -1.47. The van der Waals surface area contributed by atoms with Crippen molar-refractivity contribution in [3.05, 3.63) is 75.5 Å². The number of aliphatic hydroxyl groups excluding tert-OH is 1. The molecule has 28 heavy (non-hydrogen) atoms. The number of non-ortho nitro benzene ring substituents is 1. The average molecular weight is 379 g/mol. The molecule has 2 aromatic carbocycles. The van der Waals surface area contributed by atoms with Gasteiger partial charge in [-0.15, -0.1) is 0 Å². The number of nitro benzene ring substituents is 1. The van der Waals surface area contributed by atoms with Gasteiger partial charge in [-0.2, -0.15) is 0 Å². The molecule has 0 atom stereocenters. The Morgan fingerprint density at radius 1 is 0.821 bits per heavy atom. The molecule has 4 rings (SSSR count). The molecule has 1 fully saturated rings. The zero-order valence-electron chi connectivity index (χ0n) is 14.9. The summed E-state index contributed by atoms with van der Waals surface area (Å²) in [5.41, 5.74) is 1.52. The maximum Gasteiger partial charge on any atom is 0.269 e. The van der Waals surface area contributed by atoms with Crippen LogP contribution in [0.3, 0.4) is 0 Å². The molecule has 1 saturated heterocycles. The summed E-state index contributed by atoms with van der Waals surface area (Å²) in [7, 11) is 0. The van der Waals surface area contributed by atoms with Crippen LogP contribution in [0, 0.1) is 10.1 Å². The van der Waals surface area contributed by atoms with Crippen LogP contribution in [0.1, 0.15) is 15.9 Å². The van der Waals surface area contributed by atoms with E-state index in [9.17, 15) is 24.8 Å². The van der Waals surface area contributed by atoms with Crippen molar-refractivity contribution < 1.29 is 19.6 Å². The second-order valence-corrected chi connectivity index (χ2v) is 6.65. The fourth-order valence-corrected chi connectivity index (χ4v) is 3.62. The molecule has 0 saturated carbocycles. The van der Waals surface area contributed by atoms with Gasteiger partial charge in [-0.1, -0.05) is 24.3 Å². The Morgan fingerprint density at radius 2 is 1.39 bits per heavy atom. The van der Waals surface area contributed by atoms with Crippen molar-refractivity contribution in [1.29, 1.82) is 0 Å². The highest BCUT2D eigenvalue weighted by atomic mass is 16.6. The molecule has 0 radical (unpaired) electrons. The Balaban J connectivity index is 1.54. The number of carbonyl (C=O) groups is 2. The van der Waals surface area contributed by atoms with E-state index in [1.807, 2.05) is 4.90 Å². The fraction of sp³-hybridized carbons (Fsp3) is 0.200. The SMILES string of the molecule is O=C1C(=O)c2ccccc2C(O)=C1N1CCN(c2ccc([N+](=O)[O-])cc2)CC1. The Morgan fingerprint density at radius 3 is 2.00 bits per heavy atom. The first-order chi connectivity index (χ1) is 13.5. The van der Waals surface area contributed by atoms with Gasteiger partial charge < -0.3 is 14.9 Å². The number of nitro groups is 1. The quantitative estimate of drug-likeness (QED) is 0.496. The van der Waals surface area contributed by atoms with Crippen LogP contribution in [0.4, 0.5) is 11.4 Å². The van der Waals surface area contributed by atoms with Crippen LogP contribution in [0.2, 0.25) is 0 Å². The monoisotopic (exact) mass is 379 g/mol. The third-order valence-electron chi connectivity index (χ3n) is 5.09. The number of benzene rings is 2. The number of rotatable bonds is 3. The van der Waals surface area contributed by atoms with Gasteiger partial charge in [-0.05, 0) is 12.1 Å². The van der Waals surface area contributed by atoms with E-state index in [-0.39, 0.29) is 22.7 Å². The van der Waals surface area contributed by atoms with E-state index in [0.717, 1.165) is 5.69 Å². The van der Waals surface area contributed by atoms with Crippen molar-refractivity contribution >= 4 is 28.7 Å². The molecule has 0 bridgehead atoms. The predicted octanol–water partition coefficient (Wildman–Crippen LogP) is 2.41. The molecular formula is C20H17N3O5. The number of hydrogen-bond donors (Lipinski definition) is 1. The number of hydrogen-bond acceptors (Lipinski definition) is 7. The number of carbonyl (C=O) groups excluding carboxylic acids is 2. The highest BCUT2D eigenvalue weighted by Gasteiger charge is 2.36. The first kappa shape index (κ1) is 17.7. The van der Waals surface area contributed by atoms with Crippen LogP contribution in [0.5, 0.6) is 0 Å². The number of piperazine rings is 1. The average Bonchev–Trinajstić information content (AvgIpc) is 2.73. The molecule has 8 nitrogen and oxygen atoms in total. The lowest BCUT2D eigenvalue weighted by atomic mass is 9.91. The standard InChI is InChI=1S/C20H17N3O5/c24-18-15-3-1-2-4-16(15)19(25)20(26)17(18)22-11-9-21(10-12-22)13-5-7-14(8-6-13)23(27)28/h1-8,24H,9-12H2. The minimum absolute atomic E-state index is 0.0300. The van der Waals surface area contributed by atoms with Crippen molar-refractivity contribution in [2.45, 2.75) is 0 Å². The Labute approximate surface area is 160 Å². The van der Waals surface area contributed by atoms with Crippen LogP contribution in [0.25, 0.3) is 5.76 Å². The topological polar surface area (TPSA) is 104 Å². The number of fused-ring (bicyclic) bond motifs is 1.